The van der Waals surface area contributed by atoms with E-state index in [1.165, 1.54) is 0 Å². The molecule has 0 aromatic heterocycles. The first-order chi connectivity index (χ1) is 4.83. The summed E-state index contributed by atoms with van der Waals surface area (Å²) in [6.45, 7) is 1.92. The molecule has 1 N–H and O–H groups in total. The van der Waals surface area contributed by atoms with Crippen LogP contribution in [-0.2, 0) is 0 Å². The summed E-state index contributed by atoms with van der Waals surface area (Å²) in [5, 5.41) is 3.23. The van der Waals surface area contributed by atoms with Crippen LogP contribution in [-0.4, -0.2) is 13.1 Å². The Kier molecular flexibility index (Phi) is 1.31. The highest BCUT2D eigenvalue weighted by Crippen LogP contribution is 2.46. The minimum absolute atomic E-state index is 0.0573. The molecule has 1 spiro atoms. The molecule has 0 aromatic carbocycles. The second-order valence-corrected chi connectivity index (χ2v) is 3.32. The van der Waals surface area contributed by atoms with Gasteiger partial charge in [0.2, 0.25) is 0 Å². The Balaban J connectivity index is 2.09. The number of hydrogen-bond donors (Lipinski definition) is 1. The Bertz CT molecular complexity index is 168. The summed E-state index contributed by atoms with van der Waals surface area (Å²) < 4.78 is 12.9. The van der Waals surface area contributed by atoms with Gasteiger partial charge in [0, 0.05) is 12.0 Å². The van der Waals surface area contributed by atoms with Crippen molar-refractivity contribution in [1.82, 2.24) is 5.32 Å². The average molecular weight is 141 g/mol. The van der Waals surface area contributed by atoms with Crippen molar-refractivity contribution in [2.24, 2.45) is 5.41 Å². The van der Waals surface area contributed by atoms with Gasteiger partial charge in [0.05, 0.1) is 0 Å². The van der Waals surface area contributed by atoms with Crippen molar-refractivity contribution >= 4 is 0 Å². The molecule has 1 aliphatic carbocycles. The van der Waals surface area contributed by atoms with Crippen molar-refractivity contribution in [3.05, 3.63) is 11.9 Å². The van der Waals surface area contributed by atoms with Gasteiger partial charge in [0.1, 0.15) is 5.83 Å². The normalized spacial score (nSPS) is 39.1. The second kappa shape index (κ2) is 2.06. The molecule has 2 heteroatoms. The van der Waals surface area contributed by atoms with Gasteiger partial charge in [-0.15, -0.1) is 0 Å². The Morgan fingerprint density at radius 2 is 2.50 bits per heavy atom. The standard InChI is InChI=1S/C8H12FN/c9-7-2-4-8(7)3-1-5-10-6-8/h2,10H,1,3-6H2. The maximum atomic E-state index is 12.9. The van der Waals surface area contributed by atoms with E-state index in [9.17, 15) is 4.39 Å². The molecule has 1 atom stereocenters. The van der Waals surface area contributed by atoms with Crippen LogP contribution in [0.1, 0.15) is 19.3 Å². The van der Waals surface area contributed by atoms with Crippen LogP contribution in [0.4, 0.5) is 4.39 Å². The molecule has 2 rings (SSSR count). The third-order valence-electron chi connectivity index (χ3n) is 2.65. The maximum Gasteiger partial charge on any atom is 0.104 e. The van der Waals surface area contributed by atoms with Crippen molar-refractivity contribution in [2.45, 2.75) is 19.3 Å². The molecule has 1 saturated heterocycles. The lowest BCUT2D eigenvalue weighted by atomic mass is 9.70. The first-order valence-corrected chi connectivity index (χ1v) is 3.90. The van der Waals surface area contributed by atoms with E-state index in [2.05, 4.69) is 5.32 Å². The minimum Gasteiger partial charge on any atom is -0.316 e. The smallest absolute Gasteiger partial charge is 0.104 e. The summed E-state index contributed by atoms with van der Waals surface area (Å²) in [5.41, 5.74) is -0.0573. The summed E-state index contributed by atoms with van der Waals surface area (Å²) in [6.07, 6.45) is 4.82. The molecule has 10 heavy (non-hydrogen) atoms. The average Bonchev–Trinajstić information content (AvgIpc) is 2.04. The van der Waals surface area contributed by atoms with Gasteiger partial charge in [0.15, 0.2) is 0 Å². The molecule has 0 radical (unpaired) electrons. The highest BCUT2D eigenvalue weighted by atomic mass is 19.1. The van der Waals surface area contributed by atoms with E-state index in [-0.39, 0.29) is 11.2 Å². The molecule has 1 aliphatic heterocycles. The molecule has 0 bridgehead atoms. The zero-order valence-corrected chi connectivity index (χ0v) is 5.99. The maximum absolute atomic E-state index is 12.9. The van der Waals surface area contributed by atoms with Crippen LogP contribution >= 0.6 is 0 Å². The largest absolute Gasteiger partial charge is 0.316 e. The monoisotopic (exact) mass is 141 g/mol. The highest BCUT2D eigenvalue weighted by Gasteiger charge is 2.41. The van der Waals surface area contributed by atoms with E-state index in [1.54, 1.807) is 6.08 Å². The summed E-state index contributed by atoms with van der Waals surface area (Å²) in [6, 6.07) is 0. The molecule has 2 aliphatic rings. The van der Waals surface area contributed by atoms with Crippen LogP contribution in [0.2, 0.25) is 0 Å². The summed E-state index contributed by atoms with van der Waals surface area (Å²) in [5.74, 6) is 0.125. The first-order valence-electron chi connectivity index (χ1n) is 3.90. The van der Waals surface area contributed by atoms with Crippen molar-refractivity contribution < 1.29 is 4.39 Å². The molecule has 1 fully saturated rings. The first kappa shape index (κ1) is 6.35. The number of nitrogens with one attached hydrogen (secondary N) is 1. The van der Waals surface area contributed by atoms with E-state index in [4.69, 9.17) is 0 Å². The molecular formula is C8H12FN. The molecule has 1 unspecified atom stereocenters. The van der Waals surface area contributed by atoms with E-state index in [1.807, 2.05) is 0 Å². The molecule has 0 amide bonds. The zero-order chi connectivity index (χ0) is 7.03. The highest BCUT2D eigenvalue weighted by molar-refractivity contribution is 5.21. The van der Waals surface area contributed by atoms with Gasteiger partial charge in [0.25, 0.3) is 0 Å². The van der Waals surface area contributed by atoms with E-state index >= 15 is 0 Å². The number of piperidine rings is 1. The molecular weight excluding hydrogens is 129 g/mol. The Labute approximate surface area is 60.3 Å². The van der Waals surface area contributed by atoms with Gasteiger partial charge in [-0.1, -0.05) is 6.08 Å². The minimum atomic E-state index is -0.0573. The second-order valence-electron chi connectivity index (χ2n) is 3.32. The molecule has 56 valence electrons. The van der Waals surface area contributed by atoms with Crippen LogP contribution in [0.5, 0.6) is 0 Å². The zero-order valence-electron chi connectivity index (χ0n) is 5.99. The number of rotatable bonds is 0. The lowest BCUT2D eigenvalue weighted by Gasteiger charge is -2.41. The van der Waals surface area contributed by atoms with Crippen LogP contribution in [0.3, 0.4) is 0 Å². The van der Waals surface area contributed by atoms with Crippen molar-refractivity contribution in [2.75, 3.05) is 13.1 Å². The predicted molar refractivity (Wildman–Crippen MR) is 38.3 cm³/mol. The fraction of sp³-hybridized carbons (Fsp3) is 0.750. The van der Waals surface area contributed by atoms with Gasteiger partial charge in [-0.25, -0.2) is 4.39 Å². The summed E-state index contributed by atoms with van der Waals surface area (Å²) in [4.78, 5) is 0. The lowest BCUT2D eigenvalue weighted by Crippen LogP contribution is -2.43. The van der Waals surface area contributed by atoms with Crippen LogP contribution in [0.25, 0.3) is 0 Å². The van der Waals surface area contributed by atoms with Crippen molar-refractivity contribution in [3.63, 3.8) is 0 Å². The Morgan fingerprint density at radius 3 is 2.80 bits per heavy atom. The van der Waals surface area contributed by atoms with Gasteiger partial charge >= 0.3 is 0 Å². The Morgan fingerprint density at radius 1 is 1.60 bits per heavy atom. The van der Waals surface area contributed by atoms with Gasteiger partial charge < -0.3 is 5.32 Å². The van der Waals surface area contributed by atoms with Crippen molar-refractivity contribution in [1.29, 1.82) is 0 Å². The fourth-order valence-electron chi connectivity index (χ4n) is 1.81. The molecule has 1 heterocycles. The third-order valence-corrected chi connectivity index (χ3v) is 2.65. The Hall–Kier alpha value is -0.370. The third kappa shape index (κ3) is 0.717. The summed E-state index contributed by atoms with van der Waals surface area (Å²) in [7, 11) is 0. The fourth-order valence-corrected chi connectivity index (χ4v) is 1.81. The van der Waals surface area contributed by atoms with Gasteiger partial charge in [-0.2, -0.15) is 0 Å². The van der Waals surface area contributed by atoms with Crippen LogP contribution < -0.4 is 5.32 Å². The van der Waals surface area contributed by atoms with Crippen LogP contribution in [0.15, 0.2) is 11.9 Å². The summed E-state index contributed by atoms with van der Waals surface area (Å²) >= 11 is 0. The van der Waals surface area contributed by atoms with Crippen molar-refractivity contribution in [3.8, 4) is 0 Å². The van der Waals surface area contributed by atoms with E-state index in [0.29, 0.717) is 0 Å². The quantitative estimate of drug-likeness (QED) is 0.540. The van der Waals surface area contributed by atoms with Crippen LogP contribution in [0, 0.1) is 5.41 Å². The molecule has 0 aromatic rings. The number of halogens is 1. The topological polar surface area (TPSA) is 12.0 Å². The van der Waals surface area contributed by atoms with E-state index < -0.39 is 0 Å². The SMILES string of the molecule is FC1=CCC12CCCNC2. The number of hydrogen-bond acceptors (Lipinski definition) is 1. The number of allylic oxidation sites excluding steroid dienone is 1. The van der Waals surface area contributed by atoms with Gasteiger partial charge in [-0.3, -0.25) is 0 Å². The van der Waals surface area contributed by atoms with E-state index in [0.717, 1.165) is 32.4 Å². The molecule has 1 nitrogen and oxygen atoms in total. The predicted octanol–water partition coefficient (Wildman–Crippen LogP) is 1.61. The van der Waals surface area contributed by atoms with Gasteiger partial charge in [-0.05, 0) is 25.8 Å². The molecule has 0 saturated carbocycles. The lowest BCUT2D eigenvalue weighted by molar-refractivity contribution is 0.183.